The Balaban J connectivity index is 0.00000169. The van der Waals surface area contributed by atoms with Crippen molar-refractivity contribution in [3.63, 3.8) is 0 Å². The van der Waals surface area contributed by atoms with Gasteiger partial charge < -0.3 is 10.6 Å². The molecule has 2 aromatic rings. The topological polar surface area (TPSA) is 44.4 Å². The van der Waals surface area contributed by atoms with E-state index in [9.17, 15) is 4.79 Å². The van der Waals surface area contributed by atoms with E-state index in [1.807, 2.05) is 30.3 Å². The van der Waals surface area contributed by atoms with Gasteiger partial charge in [-0.05, 0) is 30.5 Å². The standard InChI is InChI=1S/C20H25N3O.2ClH/c24-20(15-21-18-9-5-2-6-10-18)22-19-11-13-23(14-12-19)16-17-7-3-1-4-8-17;;/h1-10,19,21H,11-16H2,(H,22,24);2*1H. The molecule has 2 N–H and O–H groups in total. The van der Waals surface area contributed by atoms with Crippen LogP contribution in [0, 0.1) is 0 Å². The number of para-hydroxylation sites is 1. The first-order chi connectivity index (χ1) is 11.8. The van der Waals surface area contributed by atoms with Crippen LogP contribution in [0.15, 0.2) is 60.7 Å². The maximum Gasteiger partial charge on any atom is 0.239 e. The zero-order chi connectivity index (χ0) is 16.6. The number of piperidine rings is 1. The van der Waals surface area contributed by atoms with Crippen LogP contribution in [-0.4, -0.2) is 36.5 Å². The summed E-state index contributed by atoms with van der Waals surface area (Å²) in [5.41, 5.74) is 2.33. The summed E-state index contributed by atoms with van der Waals surface area (Å²) in [5, 5.41) is 6.30. The van der Waals surface area contributed by atoms with E-state index in [2.05, 4.69) is 45.9 Å². The number of hydrogen-bond acceptors (Lipinski definition) is 3. The number of anilines is 1. The average Bonchev–Trinajstić information content (AvgIpc) is 2.63. The summed E-state index contributed by atoms with van der Waals surface area (Å²) in [6.07, 6.45) is 2.04. The number of likely N-dealkylation sites (tertiary alicyclic amines) is 1. The highest BCUT2D eigenvalue weighted by molar-refractivity contribution is 5.85. The van der Waals surface area contributed by atoms with Crippen LogP contribution in [0.25, 0.3) is 0 Å². The third-order valence-corrected chi connectivity index (χ3v) is 4.43. The van der Waals surface area contributed by atoms with Gasteiger partial charge in [-0.15, -0.1) is 24.8 Å². The lowest BCUT2D eigenvalue weighted by Crippen LogP contribution is -2.45. The Morgan fingerprint density at radius 1 is 0.923 bits per heavy atom. The summed E-state index contributed by atoms with van der Waals surface area (Å²) in [6, 6.07) is 20.7. The first-order valence-corrected chi connectivity index (χ1v) is 8.64. The fourth-order valence-corrected chi connectivity index (χ4v) is 3.09. The summed E-state index contributed by atoms with van der Waals surface area (Å²) in [6.45, 7) is 3.39. The van der Waals surface area contributed by atoms with Crippen molar-refractivity contribution in [3.8, 4) is 0 Å². The summed E-state index contributed by atoms with van der Waals surface area (Å²) < 4.78 is 0. The third-order valence-electron chi connectivity index (χ3n) is 4.43. The van der Waals surface area contributed by atoms with Crippen molar-refractivity contribution < 1.29 is 4.79 Å². The summed E-state index contributed by atoms with van der Waals surface area (Å²) in [5.74, 6) is 0.0698. The van der Waals surface area contributed by atoms with E-state index in [1.54, 1.807) is 0 Å². The van der Waals surface area contributed by atoms with Gasteiger partial charge in [0.05, 0.1) is 6.54 Å². The van der Waals surface area contributed by atoms with Crippen LogP contribution in [0.4, 0.5) is 5.69 Å². The molecule has 1 aliphatic heterocycles. The lowest BCUT2D eigenvalue weighted by molar-refractivity contribution is -0.120. The zero-order valence-electron chi connectivity index (χ0n) is 14.8. The Morgan fingerprint density at radius 3 is 2.12 bits per heavy atom. The Hall–Kier alpha value is -1.75. The van der Waals surface area contributed by atoms with Crippen molar-refractivity contribution in [1.29, 1.82) is 0 Å². The molecule has 6 heteroatoms. The smallest absolute Gasteiger partial charge is 0.239 e. The average molecular weight is 396 g/mol. The molecule has 0 bridgehead atoms. The molecule has 0 aromatic heterocycles. The molecule has 2 aromatic carbocycles. The predicted molar refractivity (Wildman–Crippen MR) is 112 cm³/mol. The number of halogens is 2. The number of benzene rings is 2. The van der Waals surface area contributed by atoms with Crippen LogP contribution in [0.2, 0.25) is 0 Å². The molecule has 1 saturated heterocycles. The lowest BCUT2D eigenvalue weighted by atomic mass is 10.0. The van der Waals surface area contributed by atoms with Crippen LogP contribution in [0.1, 0.15) is 18.4 Å². The highest BCUT2D eigenvalue weighted by Gasteiger charge is 2.20. The number of carbonyl (C=O) groups excluding carboxylic acids is 1. The molecule has 0 atom stereocenters. The van der Waals surface area contributed by atoms with Gasteiger partial charge in [0.25, 0.3) is 0 Å². The van der Waals surface area contributed by atoms with Crippen molar-refractivity contribution >= 4 is 36.4 Å². The van der Waals surface area contributed by atoms with Gasteiger partial charge in [-0.2, -0.15) is 0 Å². The maximum atomic E-state index is 12.1. The number of nitrogens with zero attached hydrogens (tertiary/aromatic N) is 1. The largest absolute Gasteiger partial charge is 0.376 e. The molecule has 1 heterocycles. The SMILES string of the molecule is Cl.Cl.O=C(CNc1ccccc1)NC1CCN(Cc2ccccc2)CC1. The molecule has 1 amide bonds. The van der Waals surface area contributed by atoms with Crippen LogP contribution in [-0.2, 0) is 11.3 Å². The molecule has 0 unspecified atom stereocenters. The van der Waals surface area contributed by atoms with Gasteiger partial charge in [-0.1, -0.05) is 48.5 Å². The van der Waals surface area contributed by atoms with Crippen LogP contribution < -0.4 is 10.6 Å². The minimum atomic E-state index is 0. The van der Waals surface area contributed by atoms with Gasteiger partial charge in [-0.25, -0.2) is 0 Å². The van der Waals surface area contributed by atoms with Gasteiger partial charge >= 0.3 is 0 Å². The van der Waals surface area contributed by atoms with Crippen LogP contribution >= 0.6 is 24.8 Å². The maximum absolute atomic E-state index is 12.1. The molecule has 0 spiro atoms. The number of rotatable bonds is 6. The van der Waals surface area contributed by atoms with Crippen LogP contribution in [0.5, 0.6) is 0 Å². The second kappa shape index (κ2) is 11.8. The van der Waals surface area contributed by atoms with Gasteiger partial charge in [0.1, 0.15) is 0 Å². The first-order valence-electron chi connectivity index (χ1n) is 8.64. The van der Waals surface area contributed by atoms with E-state index in [1.165, 1.54) is 5.56 Å². The van der Waals surface area contributed by atoms with E-state index in [0.717, 1.165) is 38.2 Å². The van der Waals surface area contributed by atoms with Gasteiger partial charge in [-0.3, -0.25) is 9.69 Å². The normalized spacial score (nSPS) is 14.6. The van der Waals surface area contributed by atoms with E-state index in [0.29, 0.717) is 12.6 Å². The van der Waals surface area contributed by atoms with Gasteiger partial charge in [0.2, 0.25) is 5.91 Å². The molecule has 0 saturated carbocycles. The summed E-state index contributed by atoms with van der Waals surface area (Å²) in [7, 11) is 0. The van der Waals surface area contributed by atoms with E-state index in [-0.39, 0.29) is 30.7 Å². The molecule has 0 aliphatic carbocycles. The minimum Gasteiger partial charge on any atom is -0.376 e. The molecule has 142 valence electrons. The Kier molecular flexibility index (Phi) is 10.1. The Labute approximate surface area is 168 Å². The van der Waals surface area contributed by atoms with Crippen molar-refractivity contribution in [2.75, 3.05) is 25.0 Å². The second-order valence-corrected chi connectivity index (χ2v) is 6.32. The molecule has 0 radical (unpaired) electrons. The van der Waals surface area contributed by atoms with Crippen LogP contribution in [0.3, 0.4) is 0 Å². The highest BCUT2D eigenvalue weighted by atomic mass is 35.5. The quantitative estimate of drug-likeness (QED) is 0.782. The van der Waals surface area contributed by atoms with Gasteiger partial charge in [0.15, 0.2) is 0 Å². The number of hydrogen-bond donors (Lipinski definition) is 2. The van der Waals surface area contributed by atoms with E-state index in [4.69, 9.17) is 0 Å². The molecule has 1 fully saturated rings. The fourth-order valence-electron chi connectivity index (χ4n) is 3.09. The summed E-state index contributed by atoms with van der Waals surface area (Å²) in [4.78, 5) is 14.5. The Morgan fingerprint density at radius 2 is 1.50 bits per heavy atom. The molecule has 1 aliphatic rings. The van der Waals surface area contributed by atoms with Crippen molar-refractivity contribution in [2.45, 2.75) is 25.4 Å². The first kappa shape index (κ1) is 22.3. The number of amides is 1. The van der Waals surface area contributed by atoms with Crippen molar-refractivity contribution in [3.05, 3.63) is 66.2 Å². The van der Waals surface area contributed by atoms with E-state index >= 15 is 0 Å². The number of carbonyl (C=O) groups is 1. The minimum absolute atomic E-state index is 0. The highest BCUT2D eigenvalue weighted by Crippen LogP contribution is 2.14. The predicted octanol–water partition coefficient (Wildman–Crippen LogP) is 3.72. The second-order valence-electron chi connectivity index (χ2n) is 6.32. The molecular weight excluding hydrogens is 369 g/mol. The molecule has 3 rings (SSSR count). The fraction of sp³-hybridized carbons (Fsp3) is 0.350. The van der Waals surface area contributed by atoms with Gasteiger partial charge in [0, 0.05) is 31.4 Å². The molecule has 4 nitrogen and oxygen atoms in total. The zero-order valence-corrected chi connectivity index (χ0v) is 16.4. The van der Waals surface area contributed by atoms with Crippen molar-refractivity contribution in [2.24, 2.45) is 0 Å². The summed E-state index contributed by atoms with van der Waals surface area (Å²) >= 11 is 0. The number of nitrogens with one attached hydrogen (secondary N) is 2. The van der Waals surface area contributed by atoms with E-state index < -0.39 is 0 Å². The van der Waals surface area contributed by atoms with Crippen molar-refractivity contribution in [1.82, 2.24) is 10.2 Å². The third kappa shape index (κ3) is 7.24. The molecule has 26 heavy (non-hydrogen) atoms. The monoisotopic (exact) mass is 395 g/mol. The molecular formula is C20H27Cl2N3O. The Bertz CT molecular complexity index is 632. The lowest BCUT2D eigenvalue weighted by Gasteiger charge is -2.32.